The van der Waals surface area contributed by atoms with Crippen molar-refractivity contribution < 1.29 is 24.5 Å². The van der Waals surface area contributed by atoms with E-state index < -0.39 is 11.7 Å². The zero-order chi connectivity index (χ0) is 19.8. The maximum Gasteiger partial charge on any atom is 0.282 e. The highest BCUT2D eigenvalue weighted by Gasteiger charge is 2.40. The number of aromatic hydroxyl groups is 2. The number of carbonyl (C=O) groups excluding carboxylic acids is 2. The number of phenols is 2. The summed E-state index contributed by atoms with van der Waals surface area (Å²) >= 11 is 2.25. The minimum Gasteiger partial charge on any atom is -0.507 e. The average molecular weight is 414 g/mol. The molecule has 2 aromatic carbocycles. The molecule has 0 atom stereocenters. The average Bonchev–Trinajstić information content (AvgIpc) is 3.28. The summed E-state index contributed by atoms with van der Waals surface area (Å²) in [6.07, 6.45) is 0. The molecule has 28 heavy (non-hydrogen) atoms. The molecule has 0 radical (unpaired) electrons. The zero-order valence-electron chi connectivity index (χ0n) is 14.6. The van der Waals surface area contributed by atoms with E-state index in [1.54, 1.807) is 24.3 Å². The van der Waals surface area contributed by atoms with Crippen molar-refractivity contribution in [2.24, 2.45) is 5.10 Å². The van der Waals surface area contributed by atoms with Gasteiger partial charge in [-0.3, -0.25) is 9.59 Å². The summed E-state index contributed by atoms with van der Waals surface area (Å²) in [6.45, 7) is -0.218. The number of fused-ring (bicyclic) bond motifs is 1. The third-order valence-electron chi connectivity index (χ3n) is 4.05. The lowest BCUT2D eigenvalue weighted by atomic mass is 10.1. The second-order valence-corrected chi connectivity index (χ2v) is 8.19. The molecular weight excluding hydrogens is 400 g/mol. The van der Waals surface area contributed by atoms with Crippen LogP contribution >= 0.6 is 23.5 Å². The fraction of sp³-hybridized carbons (Fsp3) is 0.105. The molecule has 142 valence electrons. The Morgan fingerprint density at radius 2 is 1.68 bits per heavy atom. The molecular formula is C19H14N2O5S2. The SMILES string of the molecule is COCC(=O)C1=NN(c2ccccc2)C(=O)C1=C1Sc2c(O)ccc(O)c2S1. The van der Waals surface area contributed by atoms with Gasteiger partial charge in [0.25, 0.3) is 5.91 Å². The standard InChI is InChI=1S/C19H14N2O5S2/c1-26-9-13(24)15-14(18(25)21(20-15)10-5-3-2-4-6-10)19-27-16-11(22)7-8-12(23)17(16)28-19/h2-8,22-23H,9H2,1H3. The van der Waals surface area contributed by atoms with E-state index >= 15 is 0 Å². The van der Waals surface area contributed by atoms with Crippen LogP contribution in [-0.4, -0.2) is 41.3 Å². The molecule has 9 heteroatoms. The first-order valence-electron chi connectivity index (χ1n) is 8.16. The van der Waals surface area contributed by atoms with Gasteiger partial charge < -0.3 is 14.9 Å². The fourth-order valence-electron chi connectivity index (χ4n) is 2.77. The number of phenolic OH excluding ortho intramolecular Hbond substituents is 2. The Morgan fingerprint density at radius 3 is 2.25 bits per heavy atom. The Kier molecular flexibility index (Phi) is 4.88. The first-order chi connectivity index (χ1) is 13.5. The maximum absolute atomic E-state index is 13.1. The molecule has 0 aliphatic carbocycles. The topological polar surface area (TPSA) is 99.4 Å². The lowest BCUT2D eigenvalue weighted by molar-refractivity contribution is -0.117. The molecule has 2 aliphatic heterocycles. The van der Waals surface area contributed by atoms with Crippen LogP contribution in [0.2, 0.25) is 0 Å². The van der Waals surface area contributed by atoms with Gasteiger partial charge in [0.15, 0.2) is 0 Å². The minimum absolute atomic E-state index is 0.00233. The molecule has 4 rings (SSSR count). The number of thioether (sulfide) groups is 2. The van der Waals surface area contributed by atoms with Crippen LogP contribution in [-0.2, 0) is 14.3 Å². The number of hydrogen-bond donors (Lipinski definition) is 2. The van der Waals surface area contributed by atoms with Crippen molar-refractivity contribution in [3.63, 3.8) is 0 Å². The number of carbonyl (C=O) groups is 2. The number of anilines is 1. The van der Waals surface area contributed by atoms with Gasteiger partial charge in [0.1, 0.15) is 23.8 Å². The van der Waals surface area contributed by atoms with Crippen molar-refractivity contribution in [3.8, 4) is 11.5 Å². The van der Waals surface area contributed by atoms with Gasteiger partial charge in [-0.2, -0.15) is 10.1 Å². The molecule has 1 amide bonds. The van der Waals surface area contributed by atoms with Gasteiger partial charge in [0, 0.05) is 7.11 Å². The van der Waals surface area contributed by atoms with Gasteiger partial charge in [0.05, 0.1) is 25.3 Å². The second-order valence-electron chi connectivity index (χ2n) is 5.89. The van der Waals surface area contributed by atoms with E-state index in [-0.39, 0.29) is 29.4 Å². The fourth-order valence-corrected chi connectivity index (χ4v) is 5.37. The number of benzene rings is 2. The number of para-hydroxylation sites is 1. The number of Topliss-reactive ketones (excluding diaryl/α,β-unsaturated/α-hetero) is 1. The molecule has 2 aliphatic rings. The van der Waals surface area contributed by atoms with E-state index in [0.29, 0.717) is 19.7 Å². The predicted molar refractivity (Wildman–Crippen MR) is 107 cm³/mol. The summed E-state index contributed by atoms with van der Waals surface area (Å²) in [5.74, 6) is -0.893. The molecule has 0 spiro atoms. The molecule has 2 aromatic rings. The lowest BCUT2D eigenvalue weighted by Gasteiger charge is -2.11. The third-order valence-corrected chi connectivity index (χ3v) is 6.69. The molecule has 0 unspecified atom stereocenters. The van der Waals surface area contributed by atoms with Crippen LogP contribution < -0.4 is 5.01 Å². The molecule has 2 N–H and O–H groups in total. The van der Waals surface area contributed by atoms with E-state index in [0.717, 1.165) is 23.5 Å². The summed E-state index contributed by atoms with van der Waals surface area (Å²) < 4.78 is 5.40. The van der Waals surface area contributed by atoms with E-state index in [2.05, 4.69) is 5.10 Å². The molecule has 0 bridgehead atoms. The summed E-state index contributed by atoms with van der Waals surface area (Å²) in [7, 11) is 1.39. The van der Waals surface area contributed by atoms with Crippen LogP contribution in [0.5, 0.6) is 11.5 Å². The lowest BCUT2D eigenvalue weighted by Crippen LogP contribution is -2.24. The number of nitrogens with zero attached hydrogens (tertiary/aromatic N) is 2. The van der Waals surface area contributed by atoms with Gasteiger partial charge in [-0.1, -0.05) is 41.7 Å². The van der Waals surface area contributed by atoms with Crippen molar-refractivity contribution in [1.29, 1.82) is 0 Å². The number of ketones is 1. The van der Waals surface area contributed by atoms with Crippen molar-refractivity contribution in [2.45, 2.75) is 9.79 Å². The van der Waals surface area contributed by atoms with Crippen LogP contribution in [0.15, 0.2) is 67.2 Å². The van der Waals surface area contributed by atoms with Crippen LogP contribution in [0.1, 0.15) is 0 Å². The Hall–Kier alpha value is -2.75. The van der Waals surface area contributed by atoms with Crippen molar-refractivity contribution >= 4 is 46.6 Å². The monoisotopic (exact) mass is 414 g/mol. The highest BCUT2D eigenvalue weighted by atomic mass is 32.2. The highest BCUT2D eigenvalue weighted by molar-refractivity contribution is 8.25. The first kappa shape index (κ1) is 18.6. The molecule has 0 saturated carbocycles. The van der Waals surface area contributed by atoms with Crippen molar-refractivity contribution in [2.75, 3.05) is 18.7 Å². The largest absolute Gasteiger partial charge is 0.507 e. The number of ether oxygens (including phenoxy) is 1. The van der Waals surface area contributed by atoms with E-state index in [4.69, 9.17) is 4.74 Å². The van der Waals surface area contributed by atoms with Gasteiger partial charge in [-0.05, 0) is 24.3 Å². The number of rotatable bonds is 4. The normalized spacial score (nSPS) is 15.8. The third kappa shape index (κ3) is 3.07. The smallest absolute Gasteiger partial charge is 0.282 e. The Balaban J connectivity index is 1.81. The van der Waals surface area contributed by atoms with Crippen LogP contribution in [0, 0.1) is 0 Å². The summed E-state index contributed by atoms with van der Waals surface area (Å²) in [4.78, 5) is 26.6. The first-order valence-corrected chi connectivity index (χ1v) is 9.80. The summed E-state index contributed by atoms with van der Waals surface area (Å²) in [5.41, 5.74) is 0.662. The van der Waals surface area contributed by atoms with Crippen LogP contribution in [0.4, 0.5) is 5.69 Å². The van der Waals surface area contributed by atoms with E-state index in [9.17, 15) is 19.8 Å². The Morgan fingerprint density at radius 1 is 1.07 bits per heavy atom. The Bertz CT molecular complexity index is 1020. The molecule has 0 aromatic heterocycles. The summed E-state index contributed by atoms with van der Waals surface area (Å²) in [5, 5.41) is 25.6. The quantitative estimate of drug-likeness (QED) is 0.586. The van der Waals surface area contributed by atoms with Gasteiger partial charge in [0.2, 0.25) is 5.78 Å². The number of amides is 1. The molecule has 7 nitrogen and oxygen atoms in total. The molecule has 2 heterocycles. The van der Waals surface area contributed by atoms with Crippen LogP contribution in [0.3, 0.4) is 0 Å². The summed E-state index contributed by atoms with van der Waals surface area (Å²) in [6, 6.07) is 11.6. The second kappa shape index (κ2) is 7.34. The zero-order valence-corrected chi connectivity index (χ0v) is 16.2. The Labute approximate surface area is 168 Å². The van der Waals surface area contributed by atoms with Crippen molar-refractivity contribution in [3.05, 3.63) is 52.3 Å². The molecule has 0 saturated heterocycles. The van der Waals surface area contributed by atoms with Gasteiger partial charge in [-0.25, -0.2) is 0 Å². The van der Waals surface area contributed by atoms with Crippen molar-refractivity contribution in [1.82, 2.24) is 0 Å². The number of hydrogen-bond acceptors (Lipinski definition) is 8. The number of hydrazone groups is 1. The predicted octanol–water partition coefficient (Wildman–Crippen LogP) is 3.13. The highest BCUT2D eigenvalue weighted by Crippen LogP contribution is 2.58. The maximum atomic E-state index is 13.1. The van der Waals surface area contributed by atoms with E-state index in [1.807, 2.05) is 6.07 Å². The van der Waals surface area contributed by atoms with Gasteiger partial charge in [-0.15, -0.1) is 0 Å². The van der Waals surface area contributed by atoms with E-state index in [1.165, 1.54) is 24.3 Å². The van der Waals surface area contributed by atoms with Crippen LogP contribution in [0.25, 0.3) is 0 Å². The van der Waals surface area contributed by atoms with Gasteiger partial charge >= 0.3 is 0 Å². The minimum atomic E-state index is -0.451. The molecule has 0 fully saturated rings. The number of methoxy groups -OCH3 is 1.